The summed E-state index contributed by atoms with van der Waals surface area (Å²) in [5.41, 5.74) is 1.19. The van der Waals surface area contributed by atoms with E-state index in [0.29, 0.717) is 6.04 Å². The lowest BCUT2D eigenvalue weighted by Gasteiger charge is -2.16. The van der Waals surface area contributed by atoms with Crippen molar-refractivity contribution in [2.45, 2.75) is 59.0 Å². The van der Waals surface area contributed by atoms with Crippen molar-refractivity contribution in [3.05, 3.63) is 16.9 Å². The summed E-state index contributed by atoms with van der Waals surface area (Å²) in [5.74, 6) is 0. The van der Waals surface area contributed by atoms with Crippen LogP contribution in [-0.2, 0) is 13.0 Å². The number of nitrogens with one attached hydrogen (secondary N) is 1. The molecule has 1 unspecified atom stereocenters. The van der Waals surface area contributed by atoms with Crippen LogP contribution in [0.3, 0.4) is 0 Å². The van der Waals surface area contributed by atoms with E-state index in [-0.39, 0.29) is 0 Å². The first-order valence-electron chi connectivity index (χ1n) is 6.66. The highest BCUT2D eigenvalue weighted by molar-refractivity contribution is 6.31. The van der Waals surface area contributed by atoms with Crippen molar-refractivity contribution in [3.8, 4) is 0 Å². The normalized spacial score (nSPS) is 12.9. The molecular formula is C13H24ClN3. The molecule has 0 aliphatic heterocycles. The summed E-state index contributed by atoms with van der Waals surface area (Å²) in [6, 6.07) is 0.584. The second kappa shape index (κ2) is 7.72. The maximum atomic E-state index is 6.18. The van der Waals surface area contributed by atoms with Gasteiger partial charge in [0, 0.05) is 12.6 Å². The second-order valence-corrected chi connectivity index (χ2v) is 4.77. The number of hydrogen-bond donors (Lipinski definition) is 1. The summed E-state index contributed by atoms with van der Waals surface area (Å²) in [4.78, 5) is 0. The van der Waals surface area contributed by atoms with Crippen LogP contribution in [-0.4, -0.2) is 22.4 Å². The molecule has 0 aromatic carbocycles. The van der Waals surface area contributed by atoms with Crippen LogP contribution in [0.5, 0.6) is 0 Å². The molecule has 1 rings (SSSR count). The molecule has 1 atom stereocenters. The average molecular weight is 258 g/mol. The molecule has 1 heterocycles. The van der Waals surface area contributed by atoms with E-state index in [9.17, 15) is 0 Å². The van der Waals surface area contributed by atoms with Gasteiger partial charge in [0.2, 0.25) is 0 Å². The molecular weight excluding hydrogens is 234 g/mol. The molecule has 98 valence electrons. The van der Waals surface area contributed by atoms with E-state index in [0.717, 1.165) is 43.8 Å². The summed E-state index contributed by atoms with van der Waals surface area (Å²) in [6.45, 7) is 8.52. The van der Waals surface area contributed by atoms with Crippen molar-refractivity contribution in [1.82, 2.24) is 15.1 Å². The Hall–Kier alpha value is -0.540. The summed E-state index contributed by atoms with van der Waals surface area (Å²) in [5, 5.41) is 8.62. The Morgan fingerprint density at radius 2 is 2.18 bits per heavy atom. The maximum Gasteiger partial charge on any atom is 0.0817 e. The van der Waals surface area contributed by atoms with Crippen LogP contribution in [0.2, 0.25) is 5.02 Å². The van der Waals surface area contributed by atoms with Crippen LogP contribution in [0.4, 0.5) is 0 Å². The van der Waals surface area contributed by atoms with E-state index in [4.69, 9.17) is 11.6 Å². The van der Waals surface area contributed by atoms with E-state index in [2.05, 4.69) is 31.2 Å². The van der Waals surface area contributed by atoms with Gasteiger partial charge >= 0.3 is 0 Å². The third kappa shape index (κ3) is 4.32. The molecule has 4 heteroatoms. The lowest BCUT2D eigenvalue weighted by molar-refractivity contribution is 0.468. The molecule has 3 nitrogen and oxygen atoms in total. The Balaban J connectivity index is 2.57. The van der Waals surface area contributed by atoms with Crippen LogP contribution in [0.15, 0.2) is 6.20 Å². The summed E-state index contributed by atoms with van der Waals surface area (Å²) in [6.07, 6.45) is 6.15. The molecule has 0 fully saturated rings. The maximum absolute atomic E-state index is 6.18. The third-order valence-corrected chi connectivity index (χ3v) is 3.36. The zero-order chi connectivity index (χ0) is 12.7. The lowest BCUT2D eigenvalue weighted by Crippen LogP contribution is -2.28. The number of aryl methyl sites for hydroxylation is 1. The highest BCUT2D eigenvalue weighted by Crippen LogP contribution is 2.18. The van der Waals surface area contributed by atoms with Gasteiger partial charge in [-0.25, -0.2) is 0 Å². The quantitative estimate of drug-likeness (QED) is 0.775. The first-order chi connectivity index (χ1) is 8.22. The van der Waals surface area contributed by atoms with Gasteiger partial charge in [-0.3, -0.25) is 4.68 Å². The fraction of sp³-hybridized carbons (Fsp3) is 0.769. The monoisotopic (exact) mass is 257 g/mol. The number of aromatic nitrogens is 2. The molecule has 0 radical (unpaired) electrons. The van der Waals surface area contributed by atoms with Crippen LogP contribution >= 0.6 is 11.6 Å². The summed E-state index contributed by atoms with van der Waals surface area (Å²) >= 11 is 6.18. The Morgan fingerprint density at radius 3 is 2.76 bits per heavy atom. The molecule has 0 amide bonds. The molecule has 1 aromatic heterocycles. The fourth-order valence-corrected chi connectivity index (χ4v) is 2.33. The Labute approximate surface area is 110 Å². The number of hydrogen-bond acceptors (Lipinski definition) is 2. The lowest BCUT2D eigenvalue weighted by atomic mass is 10.1. The number of rotatable bonds is 8. The van der Waals surface area contributed by atoms with Crippen LogP contribution < -0.4 is 5.32 Å². The smallest absolute Gasteiger partial charge is 0.0817 e. The van der Waals surface area contributed by atoms with E-state index in [1.807, 2.05) is 4.68 Å². The molecule has 0 spiro atoms. The fourth-order valence-electron chi connectivity index (χ4n) is 2.09. The zero-order valence-electron chi connectivity index (χ0n) is 11.2. The third-order valence-electron chi connectivity index (χ3n) is 3.05. The minimum absolute atomic E-state index is 0.584. The second-order valence-electron chi connectivity index (χ2n) is 4.36. The molecule has 0 aliphatic rings. The van der Waals surface area contributed by atoms with E-state index in [1.165, 1.54) is 5.69 Å². The van der Waals surface area contributed by atoms with Gasteiger partial charge in [0.05, 0.1) is 16.9 Å². The molecule has 0 saturated carbocycles. The van der Waals surface area contributed by atoms with Crippen LogP contribution in [0.25, 0.3) is 0 Å². The zero-order valence-corrected chi connectivity index (χ0v) is 11.9. The topological polar surface area (TPSA) is 29.9 Å². The Morgan fingerprint density at radius 1 is 1.41 bits per heavy atom. The van der Waals surface area contributed by atoms with Gasteiger partial charge in [-0.2, -0.15) is 5.10 Å². The van der Waals surface area contributed by atoms with Crippen molar-refractivity contribution < 1.29 is 0 Å². The van der Waals surface area contributed by atoms with Gasteiger partial charge in [-0.1, -0.05) is 32.4 Å². The first kappa shape index (κ1) is 14.5. The van der Waals surface area contributed by atoms with Gasteiger partial charge in [-0.05, 0) is 32.2 Å². The SMILES string of the molecule is CCCn1ncc(Cl)c1CCC(CC)NCC. The van der Waals surface area contributed by atoms with E-state index in [1.54, 1.807) is 6.20 Å². The van der Waals surface area contributed by atoms with E-state index >= 15 is 0 Å². The minimum atomic E-state index is 0.584. The molecule has 1 N–H and O–H groups in total. The number of nitrogens with zero attached hydrogens (tertiary/aromatic N) is 2. The van der Waals surface area contributed by atoms with Gasteiger partial charge in [0.25, 0.3) is 0 Å². The number of halogens is 1. The predicted octanol–water partition coefficient (Wildman–Crippen LogP) is 3.27. The highest BCUT2D eigenvalue weighted by atomic mass is 35.5. The standard InChI is InChI=1S/C13H24ClN3/c1-4-9-17-13(12(14)10-16-17)8-7-11(5-2)15-6-3/h10-11,15H,4-9H2,1-3H3. The molecule has 0 aliphatic carbocycles. The average Bonchev–Trinajstić information content (AvgIpc) is 2.67. The van der Waals surface area contributed by atoms with Gasteiger partial charge in [-0.15, -0.1) is 0 Å². The Kier molecular flexibility index (Phi) is 6.60. The largest absolute Gasteiger partial charge is 0.314 e. The van der Waals surface area contributed by atoms with Crippen LogP contribution in [0.1, 0.15) is 45.7 Å². The molecule has 0 saturated heterocycles. The Bertz CT molecular complexity index is 322. The van der Waals surface area contributed by atoms with Crippen molar-refractivity contribution >= 4 is 11.6 Å². The van der Waals surface area contributed by atoms with E-state index < -0.39 is 0 Å². The van der Waals surface area contributed by atoms with Gasteiger partial charge < -0.3 is 5.32 Å². The summed E-state index contributed by atoms with van der Waals surface area (Å²) < 4.78 is 2.04. The van der Waals surface area contributed by atoms with Crippen molar-refractivity contribution in [2.75, 3.05) is 6.54 Å². The predicted molar refractivity (Wildman–Crippen MR) is 73.6 cm³/mol. The molecule has 17 heavy (non-hydrogen) atoms. The highest BCUT2D eigenvalue weighted by Gasteiger charge is 2.11. The van der Waals surface area contributed by atoms with Crippen molar-refractivity contribution in [3.63, 3.8) is 0 Å². The van der Waals surface area contributed by atoms with Crippen LogP contribution in [0, 0.1) is 0 Å². The minimum Gasteiger partial charge on any atom is -0.314 e. The molecule has 0 bridgehead atoms. The van der Waals surface area contributed by atoms with Crippen molar-refractivity contribution in [2.24, 2.45) is 0 Å². The van der Waals surface area contributed by atoms with Crippen molar-refractivity contribution in [1.29, 1.82) is 0 Å². The summed E-state index contributed by atoms with van der Waals surface area (Å²) in [7, 11) is 0. The molecule has 1 aromatic rings. The first-order valence-corrected chi connectivity index (χ1v) is 7.04. The van der Waals surface area contributed by atoms with Gasteiger partial charge in [0.15, 0.2) is 0 Å². The van der Waals surface area contributed by atoms with Gasteiger partial charge in [0.1, 0.15) is 0 Å².